The Labute approximate surface area is 39.5 Å². The molecule has 0 aliphatic carbocycles. The Bertz CT molecular complexity index is 146. The van der Waals surface area contributed by atoms with Gasteiger partial charge in [0, 0.05) is 0 Å². The van der Waals surface area contributed by atoms with E-state index in [0.717, 1.165) is 10.7 Å². The summed E-state index contributed by atoms with van der Waals surface area (Å²) in [5, 5.41) is 6.31. The summed E-state index contributed by atoms with van der Waals surface area (Å²) in [5.41, 5.74) is 4.74. The molecule has 0 heterocycles. The molecule has 34 valence electrons. The van der Waals surface area contributed by atoms with Gasteiger partial charge < -0.3 is 0 Å². The number of amidine groups is 1. The van der Waals surface area contributed by atoms with Crippen LogP contribution in [0.3, 0.4) is 0 Å². The van der Waals surface area contributed by atoms with Gasteiger partial charge in [0.2, 0.25) is 0 Å². The molecule has 0 aromatic carbocycles. The van der Waals surface area contributed by atoms with Gasteiger partial charge in [-0.25, -0.2) is 0 Å². The maximum absolute atomic E-state index is 9.45. The fraction of sp³-hybridized carbons (Fsp3) is 0. The molecule has 0 atom stereocenters. The molecule has 0 unspecified atom stereocenters. The van der Waals surface area contributed by atoms with E-state index in [1.54, 1.807) is 0 Å². The van der Waals surface area contributed by atoms with Crippen LogP contribution in [-0.4, -0.2) is 5.17 Å². The van der Waals surface area contributed by atoms with Crippen LogP contribution in [-0.2, 0) is 4.57 Å². The van der Waals surface area contributed by atoms with Crippen molar-refractivity contribution >= 4 is 22.9 Å². The van der Waals surface area contributed by atoms with Crippen molar-refractivity contribution in [2.45, 2.75) is 0 Å². The number of rotatable bonds is 0. The summed E-state index contributed by atoms with van der Waals surface area (Å²) in [7, 11) is 0.605. The molecule has 0 aliphatic heterocycles. The van der Waals surface area contributed by atoms with E-state index in [1.807, 2.05) is 0 Å². The van der Waals surface area contributed by atoms with E-state index < -0.39 is 0 Å². The van der Waals surface area contributed by atoms with Gasteiger partial charge in [-0.1, -0.05) is 0 Å². The summed E-state index contributed by atoms with van der Waals surface area (Å²) in [6.45, 7) is 0. The summed E-state index contributed by atoms with van der Waals surface area (Å²) in [4.78, 5) is 0. The predicted octanol–water partition coefficient (Wildman–Crippen LogP) is 0.820. The molecule has 0 aromatic rings. The fourth-order valence-electron chi connectivity index (χ4n) is 0.0402. The van der Waals surface area contributed by atoms with E-state index in [1.165, 1.54) is 0 Å². The first-order valence-electron chi connectivity index (χ1n) is 1.11. The van der Waals surface area contributed by atoms with E-state index in [2.05, 4.69) is 0 Å². The molecule has 0 spiro atoms. The molecule has 5 heteroatoms. The molecular formula is CH3N2OPS. The van der Waals surface area contributed by atoms with Gasteiger partial charge in [0.15, 0.2) is 0 Å². The third-order valence-electron chi connectivity index (χ3n) is 0.136. The maximum atomic E-state index is 9.45. The molecule has 0 radical (unpaired) electrons. The number of nitrogens with one attached hydrogen (secondary N) is 1. The number of hydrogen-bond donors (Lipinski definition) is 2. The average Bonchev–Trinajstić information content (AvgIpc) is 1.35. The molecule has 3 nitrogen and oxygen atoms in total. The van der Waals surface area contributed by atoms with Crippen molar-refractivity contribution in [1.82, 2.24) is 0 Å². The Morgan fingerprint density at radius 2 is 2.50 bits per heavy atom. The predicted molar refractivity (Wildman–Crippen MR) is 27.1 cm³/mol. The van der Waals surface area contributed by atoms with Crippen LogP contribution in [0, 0.1) is 5.41 Å². The first-order valence-corrected chi connectivity index (χ1v) is 3.34. The summed E-state index contributed by atoms with van der Waals surface area (Å²) in [6.07, 6.45) is 0. The van der Waals surface area contributed by atoms with Crippen LogP contribution in [0.2, 0.25) is 0 Å². The van der Waals surface area contributed by atoms with Crippen LogP contribution in [0.5, 0.6) is 0 Å². The summed E-state index contributed by atoms with van der Waals surface area (Å²) in [5.74, 6) is 0. The van der Waals surface area contributed by atoms with Gasteiger partial charge in [-0.2, -0.15) is 0 Å². The SMILES string of the molecule is N=C(N)S#P=O. The molecule has 0 saturated heterocycles. The topological polar surface area (TPSA) is 66.9 Å². The second-order valence-electron chi connectivity index (χ2n) is 0.530. The minimum atomic E-state index is -0.159. The third-order valence-corrected chi connectivity index (χ3v) is 1.22. The van der Waals surface area contributed by atoms with Gasteiger partial charge >= 0.3 is 38.6 Å². The molecule has 0 rings (SSSR count). The second-order valence-corrected chi connectivity index (χ2v) is 2.30. The molecule has 0 saturated carbocycles. The molecule has 0 bridgehead atoms. The summed E-state index contributed by atoms with van der Waals surface area (Å²) < 4.78 is 9.45. The fourth-order valence-corrected chi connectivity index (χ4v) is 0.361. The van der Waals surface area contributed by atoms with E-state index >= 15 is 0 Å². The summed E-state index contributed by atoms with van der Waals surface area (Å²) >= 11 is 0. The summed E-state index contributed by atoms with van der Waals surface area (Å²) in [6, 6.07) is 0. The molecule has 3 N–H and O–H groups in total. The average molecular weight is 122 g/mol. The molecule has 0 aromatic heterocycles. The first kappa shape index (κ1) is 5.92. The standard InChI is InChI=1S/CH3N2OPS/c2-1(3)6-5-4/h(H3,2,3). The minimum absolute atomic E-state index is 0.119. The van der Waals surface area contributed by atoms with Crippen LogP contribution in [0.4, 0.5) is 0 Å². The number of hydrogen-bond acceptors (Lipinski definition) is 2. The molecule has 0 fully saturated rings. The van der Waals surface area contributed by atoms with Crippen molar-refractivity contribution in [1.29, 1.82) is 5.41 Å². The van der Waals surface area contributed by atoms with Crippen molar-refractivity contribution in [2.24, 2.45) is 5.73 Å². The second kappa shape index (κ2) is 3.12. The van der Waals surface area contributed by atoms with E-state index in [4.69, 9.17) is 11.1 Å². The van der Waals surface area contributed by atoms with Gasteiger partial charge in [-0.05, 0) is 0 Å². The Morgan fingerprint density at radius 1 is 2.00 bits per heavy atom. The zero-order chi connectivity index (χ0) is 4.99. The number of nitrogens with two attached hydrogens (primary N) is 1. The molecular weight excluding hydrogens is 119 g/mol. The van der Waals surface area contributed by atoms with Crippen molar-refractivity contribution in [2.75, 3.05) is 0 Å². The zero-order valence-electron chi connectivity index (χ0n) is 2.84. The van der Waals surface area contributed by atoms with Crippen LogP contribution >= 0.6 is 17.8 Å². The zero-order valence-corrected chi connectivity index (χ0v) is 4.55. The van der Waals surface area contributed by atoms with E-state index in [9.17, 15) is 4.57 Å². The first-order chi connectivity index (χ1) is 2.77. The molecule has 0 amide bonds. The van der Waals surface area contributed by atoms with Crippen molar-refractivity contribution in [3.63, 3.8) is 0 Å². The van der Waals surface area contributed by atoms with Gasteiger partial charge in [-0.3, -0.25) is 0 Å². The van der Waals surface area contributed by atoms with E-state index in [0.29, 0.717) is 0 Å². The van der Waals surface area contributed by atoms with Crippen LogP contribution in [0.25, 0.3) is 0 Å². The Morgan fingerprint density at radius 3 is 2.50 bits per heavy atom. The third kappa shape index (κ3) is 3.92. The van der Waals surface area contributed by atoms with Crippen LogP contribution < -0.4 is 5.73 Å². The van der Waals surface area contributed by atoms with Gasteiger partial charge in [-0.15, -0.1) is 0 Å². The quantitative estimate of drug-likeness (QED) is 0.283. The Hall–Kier alpha value is -0.0800. The van der Waals surface area contributed by atoms with Gasteiger partial charge in [0.25, 0.3) is 0 Å². The van der Waals surface area contributed by atoms with E-state index in [-0.39, 0.29) is 12.2 Å². The van der Waals surface area contributed by atoms with Crippen molar-refractivity contribution in [3.8, 4) is 0 Å². The molecule has 6 heavy (non-hydrogen) atoms. The van der Waals surface area contributed by atoms with Crippen molar-refractivity contribution < 1.29 is 4.57 Å². The van der Waals surface area contributed by atoms with Gasteiger partial charge in [0.1, 0.15) is 0 Å². The Kier molecular flexibility index (Phi) is 3.08. The van der Waals surface area contributed by atoms with Crippen molar-refractivity contribution in [3.05, 3.63) is 0 Å². The van der Waals surface area contributed by atoms with Crippen LogP contribution in [0.15, 0.2) is 0 Å². The normalized spacial score (nSPS) is 6.67. The monoisotopic (exact) mass is 122 g/mol. The van der Waals surface area contributed by atoms with Crippen LogP contribution in [0.1, 0.15) is 0 Å². The Balaban J connectivity index is 3.84. The molecule has 0 aliphatic rings. The van der Waals surface area contributed by atoms with Gasteiger partial charge in [0.05, 0.1) is 0 Å².